The van der Waals surface area contributed by atoms with Crippen LogP contribution in [0.15, 0.2) is 0 Å². The minimum Gasteiger partial charge on any atom is -0.323 e. The molecule has 1 aromatic rings. The minimum atomic E-state index is 0.507. The van der Waals surface area contributed by atoms with Crippen LogP contribution in [0.1, 0.15) is 6.92 Å². The normalized spacial score (nSPS) is 8.64. The van der Waals surface area contributed by atoms with Gasteiger partial charge >= 0.3 is 0 Å². The zero-order valence-electron chi connectivity index (χ0n) is 6.96. The second kappa shape index (κ2) is 5.99. The van der Waals surface area contributed by atoms with E-state index in [1.165, 1.54) is 0 Å². The number of nitrogens with one attached hydrogen (secondary N) is 2. The number of aryl methyl sites for hydroxylation is 1. The molecular formula is C5H13N5S. The molecule has 1 heterocycles. The number of tetrazole rings is 1. The van der Waals surface area contributed by atoms with Gasteiger partial charge in [0.25, 0.3) is 0 Å². The number of rotatable bonds is 1. The van der Waals surface area contributed by atoms with E-state index in [4.69, 9.17) is 12.2 Å². The molecule has 0 saturated carbocycles. The molecule has 5 nitrogen and oxygen atoms in total. The van der Waals surface area contributed by atoms with Gasteiger partial charge in [-0.3, -0.25) is 0 Å². The van der Waals surface area contributed by atoms with Gasteiger partial charge in [0.1, 0.15) is 0 Å². The Hall–Kier alpha value is -0.750. The molecule has 6 heteroatoms. The third-order valence-corrected chi connectivity index (χ3v) is 1.15. The van der Waals surface area contributed by atoms with Crippen molar-refractivity contribution in [2.75, 3.05) is 14.1 Å². The fraction of sp³-hybridized carbons (Fsp3) is 0.800. The summed E-state index contributed by atoms with van der Waals surface area (Å²) in [6.45, 7) is 2.77. The highest BCUT2D eigenvalue weighted by molar-refractivity contribution is 7.71. The van der Waals surface area contributed by atoms with Crippen molar-refractivity contribution >= 4 is 12.2 Å². The molecular weight excluding hydrogens is 162 g/mol. The predicted molar refractivity (Wildman–Crippen MR) is 45.9 cm³/mol. The van der Waals surface area contributed by atoms with Gasteiger partial charge in [-0.05, 0) is 33.2 Å². The molecule has 0 aliphatic carbocycles. The molecule has 0 aromatic carbocycles. The van der Waals surface area contributed by atoms with Crippen LogP contribution in [-0.2, 0) is 6.54 Å². The largest absolute Gasteiger partial charge is 0.323 e. The number of aromatic amines is 1. The maximum absolute atomic E-state index is 4.74. The summed E-state index contributed by atoms with van der Waals surface area (Å²) in [5.41, 5.74) is 0. The third-order valence-electron chi connectivity index (χ3n) is 0.848. The van der Waals surface area contributed by atoms with Gasteiger partial charge in [-0.2, -0.15) is 5.21 Å². The van der Waals surface area contributed by atoms with E-state index < -0.39 is 0 Å². The van der Waals surface area contributed by atoms with Crippen LogP contribution in [0.2, 0.25) is 0 Å². The van der Waals surface area contributed by atoms with Crippen LogP contribution in [0, 0.1) is 4.77 Å². The molecule has 2 N–H and O–H groups in total. The Bertz CT molecular complexity index is 227. The smallest absolute Gasteiger partial charge is 0.238 e. The summed E-state index contributed by atoms with van der Waals surface area (Å²) in [5.74, 6) is 0. The maximum Gasteiger partial charge on any atom is 0.238 e. The van der Waals surface area contributed by atoms with E-state index in [1.54, 1.807) is 4.68 Å². The number of nitrogens with zero attached hydrogens (tertiary/aromatic N) is 3. The van der Waals surface area contributed by atoms with Crippen molar-refractivity contribution in [2.45, 2.75) is 13.5 Å². The summed E-state index contributed by atoms with van der Waals surface area (Å²) in [4.78, 5) is 0. The lowest BCUT2D eigenvalue weighted by Crippen LogP contribution is -1.95. The van der Waals surface area contributed by atoms with E-state index >= 15 is 0 Å². The maximum atomic E-state index is 4.74. The summed E-state index contributed by atoms with van der Waals surface area (Å²) in [5, 5.41) is 12.4. The summed E-state index contributed by atoms with van der Waals surface area (Å²) in [6, 6.07) is 0. The van der Waals surface area contributed by atoms with E-state index in [9.17, 15) is 0 Å². The van der Waals surface area contributed by atoms with Gasteiger partial charge in [-0.1, -0.05) is 10.3 Å². The first kappa shape index (κ1) is 10.2. The average molecular weight is 175 g/mol. The van der Waals surface area contributed by atoms with Crippen LogP contribution >= 0.6 is 12.2 Å². The Kier molecular flexibility index (Phi) is 5.58. The van der Waals surface area contributed by atoms with Gasteiger partial charge in [-0.25, -0.2) is 4.68 Å². The van der Waals surface area contributed by atoms with Crippen LogP contribution in [-0.4, -0.2) is 34.3 Å². The fourth-order valence-corrected chi connectivity index (χ4v) is 0.633. The highest BCUT2D eigenvalue weighted by Gasteiger charge is 1.85. The molecule has 1 rings (SSSR count). The van der Waals surface area contributed by atoms with Gasteiger partial charge in [-0.15, -0.1) is 0 Å². The number of H-pyrrole nitrogens is 1. The van der Waals surface area contributed by atoms with Crippen molar-refractivity contribution in [3.05, 3.63) is 4.77 Å². The van der Waals surface area contributed by atoms with Gasteiger partial charge in [0, 0.05) is 6.54 Å². The summed E-state index contributed by atoms with van der Waals surface area (Å²) in [7, 11) is 3.75. The molecule has 0 atom stereocenters. The lowest BCUT2D eigenvalue weighted by molar-refractivity contribution is 0.620. The molecule has 0 aliphatic heterocycles. The fourth-order valence-electron chi connectivity index (χ4n) is 0.422. The summed E-state index contributed by atoms with van der Waals surface area (Å²) >= 11 is 4.74. The molecule has 0 bridgehead atoms. The van der Waals surface area contributed by atoms with Crippen molar-refractivity contribution < 1.29 is 0 Å². The summed E-state index contributed by atoms with van der Waals surface area (Å²) < 4.78 is 2.18. The van der Waals surface area contributed by atoms with Crippen molar-refractivity contribution in [1.29, 1.82) is 0 Å². The highest BCUT2D eigenvalue weighted by atomic mass is 32.1. The third kappa shape index (κ3) is 3.84. The molecule has 1 aromatic heterocycles. The quantitative estimate of drug-likeness (QED) is 0.598. The Labute approximate surface area is 70.8 Å². The second-order valence-electron chi connectivity index (χ2n) is 1.83. The van der Waals surface area contributed by atoms with E-state index in [2.05, 4.69) is 20.8 Å². The first-order chi connectivity index (χ1) is 5.26. The Morgan fingerprint density at radius 3 is 2.36 bits per heavy atom. The molecule has 0 spiro atoms. The van der Waals surface area contributed by atoms with Crippen molar-refractivity contribution in [2.24, 2.45) is 0 Å². The van der Waals surface area contributed by atoms with Crippen LogP contribution in [0.25, 0.3) is 0 Å². The number of hydrogen-bond acceptors (Lipinski definition) is 4. The summed E-state index contributed by atoms with van der Waals surface area (Å²) in [6.07, 6.45) is 0. The molecule has 0 fully saturated rings. The minimum absolute atomic E-state index is 0.507. The topological polar surface area (TPSA) is 58.5 Å². The van der Waals surface area contributed by atoms with Crippen LogP contribution in [0.5, 0.6) is 0 Å². The Balaban J connectivity index is 0.000000292. The number of aromatic nitrogens is 4. The van der Waals surface area contributed by atoms with E-state index in [-0.39, 0.29) is 0 Å². The zero-order chi connectivity index (χ0) is 8.69. The van der Waals surface area contributed by atoms with Crippen LogP contribution in [0.4, 0.5) is 0 Å². The van der Waals surface area contributed by atoms with Gasteiger partial charge in [0.2, 0.25) is 4.77 Å². The van der Waals surface area contributed by atoms with Gasteiger partial charge < -0.3 is 5.32 Å². The SMILES string of the molecule is CCn1[nH]nnc1=S.CNC. The molecule has 11 heavy (non-hydrogen) atoms. The van der Waals surface area contributed by atoms with E-state index in [1.807, 2.05) is 21.0 Å². The Morgan fingerprint density at radius 1 is 1.64 bits per heavy atom. The zero-order valence-corrected chi connectivity index (χ0v) is 7.77. The standard InChI is InChI=1S/C3H6N4S.C2H7N/c1-2-7-3(8)4-5-6-7;1-3-2/h2H2,1H3,(H,4,6,8);3H,1-2H3. The van der Waals surface area contributed by atoms with Crippen LogP contribution in [0.3, 0.4) is 0 Å². The first-order valence-corrected chi connectivity index (χ1v) is 3.73. The molecule has 0 radical (unpaired) electrons. The molecule has 0 saturated heterocycles. The van der Waals surface area contributed by atoms with Gasteiger partial charge in [0.05, 0.1) is 0 Å². The van der Waals surface area contributed by atoms with E-state index in [0.29, 0.717) is 4.77 Å². The average Bonchev–Trinajstić information content (AvgIpc) is 2.36. The van der Waals surface area contributed by atoms with Crippen molar-refractivity contribution in [3.8, 4) is 0 Å². The van der Waals surface area contributed by atoms with Crippen molar-refractivity contribution in [3.63, 3.8) is 0 Å². The molecule has 0 aliphatic rings. The van der Waals surface area contributed by atoms with Crippen molar-refractivity contribution in [1.82, 2.24) is 25.5 Å². The van der Waals surface area contributed by atoms with Gasteiger partial charge in [0.15, 0.2) is 0 Å². The highest BCUT2D eigenvalue weighted by Crippen LogP contribution is 1.78. The molecule has 0 amide bonds. The number of hydrogen-bond donors (Lipinski definition) is 2. The molecule has 64 valence electrons. The lowest BCUT2D eigenvalue weighted by Gasteiger charge is -1.87. The second-order valence-corrected chi connectivity index (χ2v) is 2.19. The first-order valence-electron chi connectivity index (χ1n) is 3.32. The monoisotopic (exact) mass is 175 g/mol. The lowest BCUT2D eigenvalue weighted by atomic mass is 10.8. The predicted octanol–water partition coefficient (Wildman–Crippen LogP) is 0.191. The Morgan fingerprint density at radius 2 is 2.18 bits per heavy atom. The van der Waals surface area contributed by atoms with E-state index in [0.717, 1.165) is 6.54 Å². The molecule has 0 unspecified atom stereocenters. The van der Waals surface area contributed by atoms with Crippen LogP contribution < -0.4 is 5.32 Å².